The van der Waals surface area contributed by atoms with Crippen LogP contribution in [-0.4, -0.2) is 67.8 Å². The van der Waals surface area contributed by atoms with Gasteiger partial charge in [0.2, 0.25) is 10.0 Å². The summed E-state index contributed by atoms with van der Waals surface area (Å²) in [4.78, 5) is 27.0. The molecule has 1 N–H and O–H groups in total. The van der Waals surface area contributed by atoms with Gasteiger partial charge in [0.25, 0.3) is 11.7 Å². The summed E-state index contributed by atoms with van der Waals surface area (Å²) in [5, 5.41) is 11.0. The van der Waals surface area contributed by atoms with Crippen LogP contribution < -0.4 is 0 Å². The first kappa shape index (κ1) is 25.5. The standard InChI is InChI=1S/C24H27FN2O6S/c1-4-26(5-2)34(31,32)19-12-8-17(9-13-19)22(28)20-21(16-6-10-18(25)11-7-16)27(14-15-33-3)24(30)23(20)29/h6-13,21,28H,4-5,14-15H2,1-3H3/b22-20+. The van der Waals surface area contributed by atoms with Crippen LogP contribution in [0.3, 0.4) is 0 Å². The van der Waals surface area contributed by atoms with E-state index in [0.29, 0.717) is 18.7 Å². The molecule has 182 valence electrons. The highest BCUT2D eigenvalue weighted by atomic mass is 32.2. The first-order valence-electron chi connectivity index (χ1n) is 10.8. The molecule has 2 aromatic carbocycles. The number of benzene rings is 2. The lowest BCUT2D eigenvalue weighted by molar-refractivity contribution is -0.140. The molecular formula is C24H27FN2O6S. The third-order valence-corrected chi connectivity index (χ3v) is 7.80. The number of ketones is 1. The molecule has 10 heteroatoms. The van der Waals surface area contributed by atoms with Gasteiger partial charge in [-0.3, -0.25) is 9.59 Å². The second-order valence-corrected chi connectivity index (χ2v) is 9.59. The summed E-state index contributed by atoms with van der Waals surface area (Å²) in [5.74, 6) is -2.63. The Morgan fingerprint density at radius 3 is 2.18 bits per heavy atom. The number of rotatable bonds is 9. The fourth-order valence-corrected chi connectivity index (χ4v) is 5.40. The summed E-state index contributed by atoms with van der Waals surface area (Å²) in [5.41, 5.74) is 0.460. The molecule has 1 atom stereocenters. The predicted molar refractivity (Wildman–Crippen MR) is 124 cm³/mol. The van der Waals surface area contributed by atoms with Crippen LogP contribution in [0.25, 0.3) is 5.76 Å². The van der Waals surface area contributed by atoms with E-state index in [-0.39, 0.29) is 29.2 Å². The van der Waals surface area contributed by atoms with E-state index in [1.807, 2.05) is 0 Å². The minimum Gasteiger partial charge on any atom is -0.507 e. The van der Waals surface area contributed by atoms with Crippen molar-refractivity contribution in [1.82, 2.24) is 9.21 Å². The van der Waals surface area contributed by atoms with Crippen LogP contribution in [0.4, 0.5) is 4.39 Å². The number of methoxy groups -OCH3 is 1. The van der Waals surface area contributed by atoms with Crippen LogP contribution >= 0.6 is 0 Å². The normalized spacial score (nSPS) is 18.1. The van der Waals surface area contributed by atoms with Gasteiger partial charge in [0, 0.05) is 32.3 Å². The van der Waals surface area contributed by atoms with Crippen LogP contribution in [-0.2, 0) is 24.3 Å². The number of amides is 1. The van der Waals surface area contributed by atoms with Crippen molar-refractivity contribution in [1.29, 1.82) is 0 Å². The van der Waals surface area contributed by atoms with Crippen LogP contribution in [0.15, 0.2) is 59.0 Å². The molecule has 1 saturated heterocycles. The molecule has 0 spiro atoms. The number of nitrogens with zero attached hydrogens (tertiary/aromatic N) is 2. The van der Waals surface area contributed by atoms with Crippen LogP contribution in [0.1, 0.15) is 31.0 Å². The Morgan fingerprint density at radius 1 is 1.06 bits per heavy atom. The number of hydrogen-bond acceptors (Lipinski definition) is 6. The van der Waals surface area contributed by atoms with Crippen LogP contribution in [0.5, 0.6) is 0 Å². The lowest BCUT2D eigenvalue weighted by Gasteiger charge is -2.25. The van der Waals surface area contributed by atoms with Crippen molar-refractivity contribution in [3.8, 4) is 0 Å². The number of carbonyl (C=O) groups excluding carboxylic acids is 2. The summed E-state index contributed by atoms with van der Waals surface area (Å²) in [6.07, 6.45) is 0. The first-order valence-corrected chi connectivity index (χ1v) is 12.2. The molecule has 3 rings (SSSR count). The summed E-state index contributed by atoms with van der Waals surface area (Å²) in [6.45, 7) is 4.33. The number of ether oxygens (including phenoxy) is 1. The predicted octanol–water partition coefficient (Wildman–Crippen LogP) is 2.92. The maximum Gasteiger partial charge on any atom is 0.295 e. The zero-order chi connectivity index (χ0) is 25.0. The Kier molecular flexibility index (Phi) is 7.86. The minimum absolute atomic E-state index is 0.0448. The highest BCUT2D eigenvalue weighted by Crippen LogP contribution is 2.39. The van der Waals surface area contributed by atoms with Crippen LogP contribution in [0.2, 0.25) is 0 Å². The zero-order valence-corrected chi connectivity index (χ0v) is 20.0. The van der Waals surface area contributed by atoms with E-state index in [1.54, 1.807) is 13.8 Å². The number of Topliss-reactive ketones (excluding diaryl/α,β-unsaturated/α-hetero) is 1. The molecule has 8 nitrogen and oxygen atoms in total. The fraction of sp³-hybridized carbons (Fsp3) is 0.333. The molecule has 2 aromatic rings. The van der Waals surface area contributed by atoms with Gasteiger partial charge in [0.05, 0.1) is 23.1 Å². The number of aliphatic hydroxyl groups excluding tert-OH is 1. The summed E-state index contributed by atoms with van der Waals surface area (Å²) < 4.78 is 45.3. The number of likely N-dealkylation sites (tertiary alicyclic amines) is 1. The molecule has 0 bridgehead atoms. The topological polar surface area (TPSA) is 104 Å². The summed E-state index contributed by atoms with van der Waals surface area (Å²) >= 11 is 0. The summed E-state index contributed by atoms with van der Waals surface area (Å²) in [7, 11) is -2.25. The minimum atomic E-state index is -3.70. The van der Waals surface area contributed by atoms with Crippen molar-refractivity contribution >= 4 is 27.5 Å². The Balaban J connectivity index is 2.09. The average molecular weight is 491 g/mol. The molecule has 34 heavy (non-hydrogen) atoms. The van der Waals surface area contributed by atoms with Gasteiger partial charge in [-0.15, -0.1) is 0 Å². The highest BCUT2D eigenvalue weighted by Gasteiger charge is 2.45. The van der Waals surface area contributed by atoms with E-state index in [0.717, 1.165) is 0 Å². The molecule has 0 aromatic heterocycles. The van der Waals surface area contributed by atoms with Crippen molar-refractivity contribution in [3.05, 3.63) is 71.0 Å². The van der Waals surface area contributed by atoms with Gasteiger partial charge in [-0.05, 0) is 42.0 Å². The lowest BCUT2D eigenvalue weighted by atomic mass is 9.95. The summed E-state index contributed by atoms with van der Waals surface area (Å²) in [6, 6.07) is 9.81. The average Bonchev–Trinajstić information content (AvgIpc) is 3.08. The maximum absolute atomic E-state index is 13.5. The van der Waals surface area contributed by atoms with E-state index >= 15 is 0 Å². The molecular weight excluding hydrogens is 463 g/mol. The second-order valence-electron chi connectivity index (χ2n) is 7.65. The van der Waals surface area contributed by atoms with Gasteiger partial charge in [-0.2, -0.15) is 4.31 Å². The zero-order valence-electron chi connectivity index (χ0n) is 19.2. The van der Waals surface area contributed by atoms with Crippen molar-refractivity contribution < 1.29 is 32.2 Å². The van der Waals surface area contributed by atoms with Crippen molar-refractivity contribution in [3.63, 3.8) is 0 Å². The number of sulfonamides is 1. The van der Waals surface area contributed by atoms with Gasteiger partial charge >= 0.3 is 0 Å². The molecule has 1 amide bonds. The van der Waals surface area contributed by atoms with Crippen LogP contribution in [0, 0.1) is 5.82 Å². The fourth-order valence-electron chi connectivity index (χ4n) is 3.94. The third kappa shape index (κ3) is 4.75. The maximum atomic E-state index is 13.5. The van der Waals surface area contributed by atoms with Crippen molar-refractivity contribution in [2.45, 2.75) is 24.8 Å². The van der Waals surface area contributed by atoms with Gasteiger partial charge < -0.3 is 14.7 Å². The Labute approximate surface area is 198 Å². The number of hydrogen-bond donors (Lipinski definition) is 1. The van der Waals surface area contributed by atoms with E-state index < -0.39 is 39.3 Å². The largest absolute Gasteiger partial charge is 0.507 e. The van der Waals surface area contributed by atoms with Crippen molar-refractivity contribution in [2.75, 3.05) is 33.4 Å². The number of carbonyl (C=O) groups is 2. The van der Waals surface area contributed by atoms with E-state index in [2.05, 4.69) is 0 Å². The molecule has 0 saturated carbocycles. The first-order chi connectivity index (χ1) is 16.2. The van der Waals surface area contributed by atoms with E-state index in [1.165, 1.54) is 64.8 Å². The smallest absolute Gasteiger partial charge is 0.295 e. The van der Waals surface area contributed by atoms with Gasteiger partial charge in [0.15, 0.2) is 0 Å². The number of halogens is 1. The molecule has 1 heterocycles. The van der Waals surface area contributed by atoms with Gasteiger partial charge in [-0.25, -0.2) is 12.8 Å². The highest BCUT2D eigenvalue weighted by molar-refractivity contribution is 7.89. The van der Waals surface area contributed by atoms with Crippen molar-refractivity contribution in [2.24, 2.45) is 0 Å². The monoisotopic (exact) mass is 490 g/mol. The van der Waals surface area contributed by atoms with E-state index in [4.69, 9.17) is 4.74 Å². The third-order valence-electron chi connectivity index (χ3n) is 5.73. The van der Waals surface area contributed by atoms with E-state index in [9.17, 15) is 27.5 Å². The van der Waals surface area contributed by atoms with Gasteiger partial charge in [-0.1, -0.05) is 26.0 Å². The molecule has 0 radical (unpaired) electrons. The molecule has 0 aliphatic carbocycles. The number of aliphatic hydroxyl groups is 1. The quantitative estimate of drug-likeness (QED) is 0.329. The Hall–Kier alpha value is -3.08. The Bertz CT molecular complexity index is 1190. The molecule has 1 unspecified atom stereocenters. The molecule has 1 aliphatic rings. The Morgan fingerprint density at radius 2 is 1.65 bits per heavy atom. The molecule has 1 aliphatic heterocycles. The lowest BCUT2D eigenvalue weighted by Crippen LogP contribution is -2.32. The van der Waals surface area contributed by atoms with Gasteiger partial charge in [0.1, 0.15) is 11.6 Å². The second kappa shape index (κ2) is 10.5. The SMILES string of the molecule is CCN(CC)S(=O)(=O)c1ccc(/C(O)=C2\C(=O)C(=O)N(CCOC)C2c2ccc(F)cc2)cc1. The molecule has 1 fully saturated rings.